The van der Waals surface area contributed by atoms with Gasteiger partial charge in [-0.2, -0.15) is 0 Å². The predicted molar refractivity (Wildman–Crippen MR) is 281 cm³/mol. The summed E-state index contributed by atoms with van der Waals surface area (Å²) >= 11 is 0. The Labute approximate surface area is 500 Å². The maximum absolute atomic E-state index is 15.4. The van der Waals surface area contributed by atoms with Gasteiger partial charge in [0.15, 0.2) is 37.6 Å². The second-order valence-electron chi connectivity index (χ2n) is 26.3. The molecule has 4 aliphatic carbocycles. The van der Waals surface area contributed by atoms with Crippen molar-refractivity contribution in [2.75, 3.05) is 33.0 Å². The zero-order valence-corrected chi connectivity index (χ0v) is 48.6. The zero-order chi connectivity index (χ0) is 63.1. The van der Waals surface area contributed by atoms with E-state index in [-0.39, 0.29) is 18.3 Å². The number of carbonyl (C=O) groups excluding carboxylic acids is 1. The van der Waals surface area contributed by atoms with Crippen LogP contribution in [0.15, 0.2) is 12.2 Å². The average molecular weight is 1260 g/mol. The maximum atomic E-state index is 15.4. The van der Waals surface area contributed by atoms with E-state index in [1.165, 1.54) is 6.92 Å². The van der Waals surface area contributed by atoms with Gasteiger partial charge in [-0.25, -0.2) is 0 Å². The van der Waals surface area contributed by atoms with Crippen molar-refractivity contribution < 1.29 is 154 Å². The molecule has 87 heavy (non-hydrogen) atoms. The summed E-state index contributed by atoms with van der Waals surface area (Å²) in [6.45, 7) is 5.75. The molecule has 6 saturated heterocycles. The number of esters is 1. The third-order valence-electron chi connectivity index (χ3n) is 21.1. The number of aliphatic hydroxyl groups excluding tert-OH is 18. The number of rotatable bonds is 17. The molecule has 31 heteroatoms. The Morgan fingerprint density at radius 3 is 1.48 bits per heavy atom. The minimum absolute atomic E-state index is 0.102. The molecule has 0 aromatic carbocycles. The fourth-order valence-electron chi connectivity index (χ4n) is 16.3. The highest BCUT2D eigenvalue weighted by atomic mass is 16.8. The number of aliphatic hydroxyl groups is 18. The van der Waals surface area contributed by atoms with E-state index < -0.39 is 239 Å². The average Bonchev–Trinajstić information content (AvgIpc) is 1.64. The second-order valence-corrected chi connectivity index (χ2v) is 26.3. The Bertz CT molecular complexity index is 2340. The van der Waals surface area contributed by atoms with Crippen LogP contribution >= 0.6 is 0 Å². The van der Waals surface area contributed by atoms with E-state index in [0.717, 1.165) is 0 Å². The van der Waals surface area contributed by atoms with Crippen LogP contribution in [0.4, 0.5) is 0 Å². The summed E-state index contributed by atoms with van der Waals surface area (Å²) in [5.41, 5.74) is -2.95. The molecular formula is C56H90O31. The van der Waals surface area contributed by atoms with Gasteiger partial charge in [0.25, 0.3) is 0 Å². The Balaban J connectivity index is 0.915. The predicted octanol–water partition coefficient (Wildman–Crippen LogP) is -7.41. The third kappa shape index (κ3) is 12.1. The molecule has 31 nitrogen and oxygen atoms in total. The zero-order valence-electron chi connectivity index (χ0n) is 48.6. The molecule has 0 aromatic rings. The van der Waals surface area contributed by atoms with Gasteiger partial charge >= 0.3 is 5.97 Å². The Hall–Kier alpha value is -1.95. The lowest BCUT2D eigenvalue weighted by Crippen LogP contribution is -2.67. The van der Waals surface area contributed by atoms with E-state index in [4.69, 9.17) is 56.8 Å². The first-order valence-electron chi connectivity index (χ1n) is 30.2. The molecule has 10 aliphatic rings. The van der Waals surface area contributed by atoms with Crippen molar-refractivity contribution in [2.45, 2.75) is 269 Å². The van der Waals surface area contributed by atoms with Crippen LogP contribution < -0.4 is 0 Å². The molecule has 500 valence electrons. The van der Waals surface area contributed by atoms with E-state index in [0.29, 0.717) is 63.4 Å². The summed E-state index contributed by atoms with van der Waals surface area (Å²) in [5, 5.41) is 194. The van der Waals surface area contributed by atoms with Crippen molar-refractivity contribution in [2.24, 2.45) is 28.1 Å². The quantitative estimate of drug-likeness (QED) is 0.0365. The standard InChI is InChI=1S/C56H90O31/c1-20-13-55-10-6-29-53(3,8-5-9-54(29,4)52(75)86-50-44(85-47-39(72)36(69)31(64)21(2)76-47)42(34(67)27(17-60)80-50)82-48-40(73)37(70)32(65)25(15-58)78-48)30(55)7-11-56(20,19-55)87-51-45(84-46-23(63)12-22(62)24(14-57)77-46)43(35(68)28(18-61)81-51)83-49-41(74)38(71)33(66)26(16-59)79-49/h21-51,57-74H,1,5-19H2,2-4H3/t21?,22?,23-,24?,25?,26?,27?,28?,29-,30-,31?,32?,33?,34?,35?,36?,37?,38?,39?,40?,41?,42?,43?,44?,45?,46?,47?,48?,49?,50?,51?,53+,54+,55+,56-/m0/s1. The number of ether oxygens (including phenoxy) is 12. The van der Waals surface area contributed by atoms with E-state index >= 15 is 4.79 Å². The van der Waals surface area contributed by atoms with E-state index in [1.54, 1.807) is 6.92 Å². The van der Waals surface area contributed by atoms with Crippen molar-refractivity contribution in [1.82, 2.24) is 0 Å². The minimum Gasteiger partial charge on any atom is -0.432 e. The van der Waals surface area contributed by atoms with E-state index in [9.17, 15) is 91.9 Å². The van der Waals surface area contributed by atoms with Crippen LogP contribution in [-0.2, 0) is 61.6 Å². The molecule has 18 N–H and O–H groups in total. The summed E-state index contributed by atoms with van der Waals surface area (Å²) in [4.78, 5) is 15.4. The maximum Gasteiger partial charge on any atom is 0.314 e. The lowest BCUT2D eigenvalue weighted by Gasteiger charge is -2.64. The van der Waals surface area contributed by atoms with Crippen LogP contribution in [0.3, 0.4) is 0 Å². The monoisotopic (exact) mass is 1260 g/mol. The number of hydrogen-bond acceptors (Lipinski definition) is 31. The van der Waals surface area contributed by atoms with Gasteiger partial charge in [-0.05, 0) is 93.5 Å². The number of carbonyl (C=O) groups is 1. The van der Waals surface area contributed by atoms with Crippen LogP contribution in [0.25, 0.3) is 0 Å². The van der Waals surface area contributed by atoms with Crippen LogP contribution in [-0.4, -0.2) is 315 Å². The van der Waals surface area contributed by atoms with Gasteiger partial charge in [-0.3, -0.25) is 4.79 Å². The lowest BCUT2D eigenvalue weighted by molar-refractivity contribution is -0.395. The molecule has 35 atom stereocenters. The van der Waals surface area contributed by atoms with E-state index in [2.05, 4.69) is 13.5 Å². The first-order chi connectivity index (χ1) is 41.1. The van der Waals surface area contributed by atoms with Gasteiger partial charge in [-0.1, -0.05) is 19.9 Å². The highest BCUT2D eigenvalue weighted by Gasteiger charge is 2.70. The smallest absolute Gasteiger partial charge is 0.314 e. The molecule has 0 amide bonds. The fourth-order valence-corrected chi connectivity index (χ4v) is 16.3. The molecule has 10 rings (SSSR count). The highest BCUT2D eigenvalue weighted by molar-refractivity contribution is 5.77. The molecule has 0 radical (unpaired) electrons. The molecule has 6 heterocycles. The molecule has 1 spiro atoms. The van der Waals surface area contributed by atoms with Crippen molar-refractivity contribution in [3.63, 3.8) is 0 Å². The number of hydrogen-bond donors (Lipinski definition) is 18. The molecule has 0 aromatic heterocycles. The lowest BCUT2D eigenvalue weighted by atomic mass is 9.41. The Morgan fingerprint density at radius 1 is 0.483 bits per heavy atom. The van der Waals surface area contributed by atoms with Crippen LogP contribution in [0.1, 0.15) is 85.0 Å². The van der Waals surface area contributed by atoms with Crippen molar-refractivity contribution >= 4 is 5.97 Å². The normalized spacial score (nSPS) is 54.6. The van der Waals surface area contributed by atoms with Crippen molar-refractivity contribution in [3.8, 4) is 0 Å². The van der Waals surface area contributed by atoms with Gasteiger partial charge in [-0.15, -0.1) is 0 Å². The summed E-state index contributed by atoms with van der Waals surface area (Å²) < 4.78 is 73.5. The molecule has 2 bridgehead atoms. The first-order valence-corrected chi connectivity index (χ1v) is 30.2. The topological polar surface area (TPSA) is 492 Å². The molecule has 4 saturated carbocycles. The molecular weight excluding hydrogens is 1170 g/mol. The van der Waals surface area contributed by atoms with Crippen LogP contribution in [0, 0.1) is 28.1 Å². The van der Waals surface area contributed by atoms with Gasteiger partial charge in [0, 0.05) is 6.42 Å². The van der Waals surface area contributed by atoms with Crippen LogP contribution in [0.2, 0.25) is 0 Å². The summed E-state index contributed by atoms with van der Waals surface area (Å²) in [5.74, 6) is -1.28. The SMILES string of the molecule is C=C1C[C@@]23CC[C@H]4[C@@](C)(CCC[C@@]4(C)C(=O)OC4OC(CO)C(O)C(OC5OC(CO)C(O)C(O)C5O)C4OC4OC(C)C(O)C(O)C4O)[C@@H]2CC[C@]1(OC1OC(CO)C(O)C(OC2OC(CO)C(O)C(O)C2O)C1OC1OC(CO)C(O)C[C@@H]1O)C3. The van der Waals surface area contributed by atoms with Gasteiger partial charge in [0.1, 0.15) is 122 Å². The second kappa shape index (κ2) is 26.4. The van der Waals surface area contributed by atoms with Crippen molar-refractivity contribution in [3.05, 3.63) is 12.2 Å². The van der Waals surface area contributed by atoms with Crippen molar-refractivity contribution in [1.29, 1.82) is 0 Å². The Morgan fingerprint density at radius 2 is 0.931 bits per heavy atom. The van der Waals surface area contributed by atoms with Gasteiger partial charge in [0.05, 0.1) is 56.3 Å². The van der Waals surface area contributed by atoms with E-state index in [1.807, 2.05) is 0 Å². The Kier molecular flexibility index (Phi) is 20.6. The van der Waals surface area contributed by atoms with Crippen LogP contribution in [0.5, 0.6) is 0 Å². The summed E-state index contributed by atoms with van der Waals surface area (Å²) in [7, 11) is 0. The third-order valence-corrected chi connectivity index (χ3v) is 21.1. The largest absolute Gasteiger partial charge is 0.432 e. The summed E-state index contributed by atoms with van der Waals surface area (Å²) in [6, 6.07) is 0. The van der Waals surface area contributed by atoms with Gasteiger partial charge < -0.3 is 149 Å². The summed E-state index contributed by atoms with van der Waals surface area (Å²) in [6.07, 6.45) is -45.9. The number of fused-ring (bicyclic) bond motifs is 3. The molecule has 6 aliphatic heterocycles. The minimum atomic E-state index is -2.02. The molecule has 10 fully saturated rings. The molecule has 28 unspecified atom stereocenters. The first kappa shape index (κ1) is 67.9. The fraction of sp³-hybridized carbons (Fsp3) is 0.946. The highest BCUT2D eigenvalue weighted by Crippen LogP contribution is 2.74. The van der Waals surface area contributed by atoms with Gasteiger partial charge in [0.2, 0.25) is 6.29 Å².